The average Bonchev–Trinajstić information content (AvgIpc) is 2.81. The zero-order chi connectivity index (χ0) is 12.8. The Bertz CT molecular complexity index is 478. The predicted molar refractivity (Wildman–Crippen MR) is 69.2 cm³/mol. The number of pyridine rings is 1. The molecule has 0 fully saturated rings. The molecule has 0 aromatic carbocycles. The molecule has 0 unspecified atom stereocenters. The summed E-state index contributed by atoms with van der Waals surface area (Å²) in [6.07, 6.45) is 5.49. The van der Waals surface area contributed by atoms with Gasteiger partial charge in [-0.25, -0.2) is 0 Å². The van der Waals surface area contributed by atoms with Crippen molar-refractivity contribution in [2.75, 3.05) is 6.54 Å². The molecule has 96 valence electrons. The van der Waals surface area contributed by atoms with Crippen molar-refractivity contribution in [2.45, 2.75) is 20.1 Å². The molecule has 0 radical (unpaired) electrons. The van der Waals surface area contributed by atoms with Gasteiger partial charge < -0.3 is 10.1 Å². The Morgan fingerprint density at radius 1 is 1.33 bits per heavy atom. The summed E-state index contributed by atoms with van der Waals surface area (Å²) >= 11 is 0. The second kappa shape index (κ2) is 6.16. The molecule has 5 heteroatoms. The Kier molecular flexibility index (Phi) is 4.30. The van der Waals surface area contributed by atoms with Crippen LogP contribution >= 0.6 is 0 Å². The molecule has 5 nitrogen and oxygen atoms in total. The van der Waals surface area contributed by atoms with Gasteiger partial charge in [-0.3, -0.25) is 9.67 Å². The first kappa shape index (κ1) is 12.6. The summed E-state index contributed by atoms with van der Waals surface area (Å²) in [5, 5.41) is 7.32. The third kappa shape index (κ3) is 3.56. The van der Waals surface area contributed by atoms with Gasteiger partial charge in [0.05, 0.1) is 18.1 Å². The van der Waals surface area contributed by atoms with Crippen LogP contribution in [0.5, 0.6) is 5.75 Å². The lowest BCUT2D eigenvalue weighted by Gasteiger charge is -2.05. The van der Waals surface area contributed by atoms with Crippen LogP contribution in [0.2, 0.25) is 0 Å². The molecule has 0 aliphatic rings. The van der Waals surface area contributed by atoms with E-state index < -0.39 is 0 Å². The molecule has 0 aliphatic carbocycles. The van der Waals surface area contributed by atoms with E-state index in [0.29, 0.717) is 6.61 Å². The molecule has 0 bridgehead atoms. The predicted octanol–water partition coefficient (Wildman–Crippen LogP) is 1.50. The highest BCUT2D eigenvalue weighted by Gasteiger charge is 1.99. The molecule has 18 heavy (non-hydrogen) atoms. The molecular formula is C13H18N4O. The van der Waals surface area contributed by atoms with Crippen molar-refractivity contribution < 1.29 is 4.74 Å². The second-order valence-corrected chi connectivity index (χ2v) is 4.08. The van der Waals surface area contributed by atoms with E-state index in [0.717, 1.165) is 30.1 Å². The van der Waals surface area contributed by atoms with E-state index in [2.05, 4.69) is 22.3 Å². The van der Waals surface area contributed by atoms with Gasteiger partial charge >= 0.3 is 0 Å². The number of nitrogens with one attached hydrogen (secondary N) is 1. The average molecular weight is 246 g/mol. The fourth-order valence-corrected chi connectivity index (χ4v) is 1.57. The third-order valence-corrected chi connectivity index (χ3v) is 2.52. The van der Waals surface area contributed by atoms with Crippen LogP contribution < -0.4 is 10.1 Å². The van der Waals surface area contributed by atoms with E-state index in [1.807, 2.05) is 25.4 Å². The molecule has 0 spiro atoms. The molecule has 2 heterocycles. The maximum absolute atomic E-state index is 5.63. The second-order valence-electron chi connectivity index (χ2n) is 4.08. The molecule has 1 N–H and O–H groups in total. The van der Waals surface area contributed by atoms with Crippen molar-refractivity contribution in [3.8, 4) is 5.75 Å². The molecule has 2 aromatic rings. The Hall–Kier alpha value is -1.88. The van der Waals surface area contributed by atoms with E-state index in [-0.39, 0.29) is 0 Å². The molecule has 0 atom stereocenters. The SMILES string of the molecule is CCNCc1ccc(OCc2cnn(C)c2)cn1. The number of ether oxygens (including phenoxy) is 1. The van der Waals surface area contributed by atoms with E-state index >= 15 is 0 Å². The summed E-state index contributed by atoms with van der Waals surface area (Å²) in [7, 11) is 1.89. The first-order valence-corrected chi connectivity index (χ1v) is 6.04. The molecule has 0 saturated carbocycles. The highest BCUT2D eigenvalue weighted by molar-refractivity contribution is 5.20. The highest BCUT2D eigenvalue weighted by Crippen LogP contribution is 2.11. The zero-order valence-corrected chi connectivity index (χ0v) is 10.8. The summed E-state index contributed by atoms with van der Waals surface area (Å²) in [6.45, 7) is 4.33. The van der Waals surface area contributed by atoms with Gasteiger partial charge in [0.1, 0.15) is 12.4 Å². The summed E-state index contributed by atoms with van der Waals surface area (Å²) in [4.78, 5) is 4.33. The first-order valence-electron chi connectivity index (χ1n) is 6.04. The Morgan fingerprint density at radius 2 is 2.22 bits per heavy atom. The van der Waals surface area contributed by atoms with E-state index in [1.165, 1.54) is 0 Å². The van der Waals surface area contributed by atoms with Crippen molar-refractivity contribution in [3.63, 3.8) is 0 Å². The van der Waals surface area contributed by atoms with Crippen LogP contribution in [0.25, 0.3) is 0 Å². The van der Waals surface area contributed by atoms with Crippen molar-refractivity contribution >= 4 is 0 Å². The smallest absolute Gasteiger partial charge is 0.138 e. The van der Waals surface area contributed by atoms with Crippen LogP contribution in [-0.2, 0) is 20.2 Å². The lowest BCUT2D eigenvalue weighted by Crippen LogP contribution is -2.12. The molecular weight excluding hydrogens is 228 g/mol. The monoisotopic (exact) mass is 246 g/mol. The van der Waals surface area contributed by atoms with Crippen molar-refractivity contribution in [2.24, 2.45) is 7.05 Å². The van der Waals surface area contributed by atoms with Gasteiger partial charge in [-0.1, -0.05) is 6.92 Å². The maximum Gasteiger partial charge on any atom is 0.138 e. The van der Waals surface area contributed by atoms with Crippen LogP contribution in [0, 0.1) is 0 Å². The van der Waals surface area contributed by atoms with Crippen LogP contribution in [0.4, 0.5) is 0 Å². The van der Waals surface area contributed by atoms with Crippen LogP contribution in [0.3, 0.4) is 0 Å². The minimum Gasteiger partial charge on any atom is -0.487 e. The lowest BCUT2D eigenvalue weighted by atomic mass is 10.3. The summed E-state index contributed by atoms with van der Waals surface area (Å²) < 4.78 is 7.39. The quantitative estimate of drug-likeness (QED) is 0.839. The van der Waals surface area contributed by atoms with Gasteiger partial charge in [-0.2, -0.15) is 5.10 Å². The fraction of sp³-hybridized carbons (Fsp3) is 0.385. The Morgan fingerprint density at radius 3 is 2.83 bits per heavy atom. The zero-order valence-electron chi connectivity index (χ0n) is 10.8. The molecule has 2 rings (SSSR count). The van der Waals surface area contributed by atoms with Crippen molar-refractivity contribution in [3.05, 3.63) is 42.0 Å². The van der Waals surface area contributed by atoms with E-state index in [9.17, 15) is 0 Å². The molecule has 0 aliphatic heterocycles. The highest BCUT2D eigenvalue weighted by atomic mass is 16.5. The number of hydrogen-bond donors (Lipinski definition) is 1. The molecule has 0 saturated heterocycles. The lowest BCUT2D eigenvalue weighted by molar-refractivity contribution is 0.304. The largest absolute Gasteiger partial charge is 0.487 e. The topological polar surface area (TPSA) is 52.0 Å². The minimum absolute atomic E-state index is 0.516. The number of aromatic nitrogens is 3. The maximum atomic E-state index is 5.63. The van der Waals surface area contributed by atoms with Crippen LogP contribution in [-0.4, -0.2) is 21.3 Å². The van der Waals surface area contributed by atoms with Crippen LogP contribution in [0.15, 0.2) is 30.7 Å². The Balaban J connectivity index is 1.86. The number of rotatable bonds is 6. The summed E-state index contributed by atoms with van der Waals surface area (Å²) in [6, 6.07) is 3.91. The summed E-state index contributed by atoms with van der Waals surface area (Å²) in [5.74, 6) is 0.777. The number of aryl methyl sites for hydroxylation is 1. The Labute approximate surface area is 107 Å². The fourth-order valence-electron chi connectivity index (χ4n) is 1.57. The van der Waals surface area contributed by atoms with E-state index in [4.69, 9.17) is 4.74 Å². The van der Waals surface area contributed by atoms with Crippen molar-refractivity contribution in [1.82, 2.24) is 20.1 Å². The standard InChI is InChI=1S/C13H18N4O/c1-3-14-7-12-4-5-13(8-15-12)18-10-11-6-16-17(2)9-11/h4-6,8-9,14H,3,7,10H2,1-2H3. The molecule has 0 amide bonds. The summed E-state index contributed by atoms with van der Waals surface area (Å²) in [5.41, 5.74) is 2.07. The number of nitrogens with zero attached hydrogens (tertiary/aromatic N) is 3. The van der Waals surface area contributed by atoms with Gasteiger partial charge in [0.15, 0.2) is 0 Å². The van der Waals surface area contributed by atoms with Crippen molar-refractivity contribution in [1.29, 1.82) is 0 Å². The normalized spacial score (nSPS) is 10.6. The first-order chi connectivity index (χ1) is 8.78. The van der Waals surface area contributed by atoms with Crippen LogP contribution in [0.1, 0.15) is 18.2 Å². The van der Waals surface area contributed by atoms with Gasteiger partial charge in [0.2, 0.25) is 0 Å². The minimum atomic E-state index is 0.516. The van der Waals surface area contributed by atoms with Gasteiger partial charge in [-0.15, -0.1) is 0 Å². The van der Waals surface area contributed by atoms with Gasteiger partial charge in [0, 0.05) is 25.4 Å². The van der Waals surface area contributed by atoms with Gasteiger partial charge in [0.25, 0.3) is 0 Å². The number of hydrogen-bond acceptors (Lipinski definition) is 4. The molecule has 2 aromatic heterocycles. The third-order valence-electron chi connectivity index (χ3n) is 2.52. The van der Waals surface area contributed by atoms with Gasteiger partial charge in [-0.05, 0) is 18.7 Å². The van der Waals surface area contributed by atoms with E-state index in [1.54, 1.807) is 17.1 Å².